The van der Waals surface area contributed by atoms with Gasteiger partial charge in [0.2, 0.25) is 5.65 Å². The molecule has 0 bridgehead atoms. The van der Waals surface area contributed by atoms with Crippen molar-refractivity contribution in [2.45, 2.75) is 20.0 Å². The fourth-order valence-corrected chi connectivity index (χ4v) is 2.69. The Morgan fingerprint density at radius 2 is 2.04 bits per heavy atom. The Hall–Kier alpha value is -3.22. The summed E-state index contributed by atoms with van der Waals surface area (Å²) in [5, 5.41) is 15.8. The molecule has 4 aromatic rings. The lowest BCUT2D eigenvalue weighted by Gasteiger charge is -2.10. The van der Waals surface area contributed by atoms with Gasteiger partial charge in [-0.3, -0.25) is 0 Å². The Labute approximate surface area is 139 Å². The molecule has 0 aliphatic carbocycles. The van der Waals surface area contributed by atoms with Gasteiger partial charge in [0.1, 0.15) is 12.2 Å². The first-order valence-corrected chi connectivity index (χ1v) is 7.75. The van der Waals surface area contributed by atoms with Gasteiger partial charge in [-0.25, -0.2) is 4.98 Å². The summed E-state index contributed by atoms with van der Waals surface area (Å²) >= 11 is 0. The third-order valence-corrected chi connectivity index (χ3v) is 3.82. The molecule has 0 atom stereocenters. The van der Waals surface area contributed by atoms with Crippen molar-refractivity contribution >= 4 is 11.3 Å². The molecule has 0 saturated carbocycles. The van der Waals surface area contributed by atoms with E-state index in [9.17, 15) is 0 Å². The number of imidazole rings is 1. The summed E-state index contributed by atoms with van der Waals surface area (Å²) in [4.78, 5) is 4.46. The van der Waals surface area contributed by atoms with Gasteiger partial charge in [0.15, 0.2) is 0 Å². The van der Waals surface area contributed by atoms with E-state index in [-0.39, 0.29) is 0 Å². The number of aryl methyl sites for hydroxylation is 1. The molecule has 0 radical (unpaired) electrons. The fourth-order valence-electron chi connectivity index (χ4n) is 2.69. The number of hydrogen-bond acceptors (Lipinski definition) is 5. The number of rotatable bonds is 5. The second-order valence-electron chi connectivity index (χ2n) is 5.61. The quantitative estimate of drug-likeness (QED) is 0.611. The predicted molar refractivity (Wildman–Crippen MR) is 90.6 cm³/mol. The zero-order chi connectivity index (χ0) is 16.4. The van der Waals surface area contributed by atoms with Crippen molar-refractivity contribution in [2.75, 3.05) is 5.32 Å². The standard InChI is InChI=1S/C17H17N7/c1-13-9-15(17-21-20-12-24(17)22-13)19-10-16-18-7-8-23(16)11-14-5-3-2-4-6-14/h2-9,12,19H,10-11H2,1H3. The van der Waals surface area contributed by atoms with Gasteiger partial charge in [0.05, 0.1) is 17.9 Å². The second kappa shape index (κ2) is 6.11. The molecule has 1 N–H and O–H groups in total. The Bertz CT molecular complexity index is 955. The zero-order valence-corrected chi connectivity index (χ0v) is 13.3. The van der Waals surface area contributed by atoms with Crippen LogP contribution in [-0.4, -0.2) is 29.4 Å². The van der Waals surface area contributed by atoms with Crippen LogP contribution in [0.25, 0.3) is 5.65 Å². The van der Waals surface area contributed by atoms with Crippen molar-refractivity contribution in [1.82, 2.24) is 29.4 Å². The zero-order valence-electron chi connectivity index (χ0n) is 13.3. The van der Waals surface area contributed by atoms with E-state index in [1.807, 2.05) is 43.6 Å². The van der Waals surface area contributed by atoms with Crippen LogP contribution >= 0.6 is 0 Å². The van der Waals surface area contributed by atoms with E-state index < -0.39 is 0 Å². The van der Waals surface area contributed by atoms with Gasteiger partial charge in [0, 0.05) is 18.9 Å². The first kappa shape index (κ1) is 14.4. The van der Waals surface area contributed by atoms with E-state index in [0.717, 1.165) is 23.8 Å². The minimum atomic E-state index is 0.603. The van der Waals surface area contributed by atoms with Crippen LogP contribution in [0.4, 0.5) is 5.69 Å². The number of aromatic nitrogens is 6. The lowest BCUT2D eigenvalue weighted by molar-refractivity contribution is 0.735. The average molecular weight is 319 g/mol. The van der Waals surface area contributed by atoms with E-state index in [1.165, 1.54) is 5.56 Å². The Balaban J connectivity index is 1.54. The number of nitrogens with zero attached hydrogens (tertiary/aromatic N) is 6. The molecule has 7 nitrogen and oxygen atoms in total. The number of nitrogens with one attached hydrogen (secondary N) is 1. The highest BCUT2D eigenvalue weighted by atomic mass is 15.3. The molecule has 4 rings (SSSR count). The summed E-state index contributed by atoms with van der Waals surface area (Å²) in [5.41, 5.74) is 3.75. The summed E-state index contributed by atoms with van der Waals surface area (Å²) in [7, 11) is 0. The van der Waals surface area contributed by atoms with Gasteiger partial charge in [-0.15, -0.1) is 10.2 Å². The highest BCUT2D eigenvalue weighted by molar-refractivity contribution is 5.66. The van der Waals surface area contributed by atoms with Crippen molar-refractivity contribution < 1.29 is 0 Å². The summed E-state index contributed by atoms with van der Waals surface area (Å²) in [6, 6.07) is 12.3. The molecular weight excluding hydrogens is 302 g/mol. The third kappa shape index (κ3) is 2.83. The van der Waals surface area contributed by atoms with Gasteiger partial charge in [-0.2, -0.15) is 9.61 Å². The third-order valence-electron chi connectivity index (χ3n) is 3.82. The minimum Gasteiger partial charge on any atom is -0.375 e. The molecule has 24 heavy (non-hydrogen) atoms. The average Bonchev–Trinajstić information content (AvgIpc) is 3.22. The fraction of sp³-hybridized carbons (Fsp3) is 0.176. The summed E-state index contributed by atoms with van der Waals surface area (Å²) in [5.74, 6) is 0.964. The van der Waals surface area contributed by atoms with Crippen molar-refractivity contribution in [3.63, 3.8) is 0 Å². The van der Waals surface area contributed by atoms with Crippen LogP contribution in [0.5, 0.6) is 0 Å². The van der Waals surface area contributed by atoms with Crippen molar-refractivity contribution in [1.29, 1.82) is 0 Å². The first-order valence-electron chi connectivity index (χ1n) is 7.75. The molecule has 0 amide bonds. The Kier molecular flexibility index (Phi) is 3.66. The lowest BCUT2D eigenvalue weighted by Crippen LogP contribution is -2.10. The summed E-state index contributed by atoms with van der Waals surface area (Å²) in [6.07, 6.45) is 5.42. The smallest absolute Gasteiger partial charge is 0.200 e. The van der Waals surface area contributed by atoms with Gasteiger partial charge >= 0.3 is 0 Å². The van der Waals surface area contributed by atoms with Crippen LogP contribution in [0, 0.1) is 6.92 Å². The summed E-state index contributed by atoms with van der Waals surface area (Å²) < 4.78 is 3.81. The highest BCUT2D eigenvalue weighted by Gasteiger charge is 2.08. The largest absolute Gasteiger partial charge is 0.375 e. The number of hydrogen-bond donors (Lipinski definition) is 1. The lowest BCUT2D eigenvalue weighted by atomic mass is 10.2. The van der Waals surface area contributed by atoms with E-state index >= 15 is 0 Å². The minimum absolute atomic E-state index is 0.603. The highest BCUT2D eigenvalue weighted by Crippen LogP contribution is 2.16. The normalized spacial score (nSPS) is 11.0. The Morgan fingerprint density at radius 3 is 2.92 bits per heavy atom. The monoisotopic (exact) mass is 319 g/mol. The molecule has 0 saturated heterocycles. The SMILES string of the molecule is Cc1cc(NCc2nccn2Cc2ccccc2)c2nncn2n1. The van der Waals surface area contributed by atoms with Gasteiger partial charge < -0.3 is 9.88 Å². The topological polar surface area (TPSA) is 72.9 Å². The van der Waals surface area contributed by atoms with Crippen molar-refractivity contribution in [2.24, 2.45) is 0 Å². The first-order chi connectivity index (χ1) is 11.8. The van der Waals surface area contributed by atoms with Crippen LogP contribution in [-0.2, 0) is 13.1 Å². The maximum atomic E-state index is 4.46. The molecular formula is C17H17N7. The molecule has 0 aliphatic rings. The maximum Gasteiger partial charge on any atom is 0.200 e. The van der Waals surface area contributed by atoms with Crippen LogP contribution < -0.4 is 5.32 Å². The molecule has 120 valence electrons. The van der Waals surface area contributed by atoms with Crippen LogP contribution in [0.15, 0.2) is 55.1 Å². The van der Waals surface area contributed by atoms with Crippen molar-refractivity contribution in [3.8, 4) is 0 Å². The second-order valence-corrected chi connectivity index (χ2v) is 5.61. The Morgan fingerprint density at radius 1 is 1.17 bits per heavy atom. The molecule has 0 aliphatic heterocycles. The molecule has 0 unspecified atom stereocenters. The van der Waals surface area contributed by atoms with Crippen LogP contribution in [0.1, 0.15) is 17.1 Å². The van der Waals surface area contributed by atoms with E-state index in [4.69, 9.17) is 0 Å². The van der Waals surface area contributed by atoms with E-state index in [2.05, 4.69) is 42.3 Å². The molecule has 0 spiro atoms. The van der Waals surface area contributed by atoms with Crippen LogP contribution in [0.2, 0.25) is 0 Å². The maximum absolute atomic E-state index is 4.46. The van der Waals surface area contributed by atoms with Gasteiger partial charge in [-0.1, -0.05) is 30.3 Å². The number of benzene rings is 1. The molecule has 7 heteroatoms. The van der Waals surface area contributed by atoms with Crippen LogP contribution in [0.3, 0.4) is 0 Å². The number of fused-ring (bicyclic) bond motifs is 1. The summed E-state index contributed by atoms with van der Waals surface area (Å²) in [6.45, 7) is 3.35. The van der Waals surface area contributed by atoms with E-state index in [1.54, 1.807) is 10.8 Å². The molecule has 3 aromatic heterocycles. The van der Waals surface area contributed by atoms with Gasteiger partial charge in [-0.05, 0) is 18.6 Å². The van der Waals surface area contributed by atoms with Crippen molar-refractivity contribution in [3.05, 3.63) is 72.2 Å². The molecule has 0 fully saturated rings. The molecule has 1 aromatic carbocycles. The van der Waals surface area contributed by atoms with Gasteiger partial charge in [0.25, 0.3) is 0 Å². The number of anilines is 1. The molecule has 3 heterocycles. The van der Waals surface area contributed by atoms with E-state index in [0.29, 0.717) is 12.2 Å². The predicted octanol–water partition coefficient (Wildman–Crippen LogP) is 2.29.